The first kappa shape index (κ1) is 24.5. The predicted molar refractivity (Wildman–Crippen MR) is 118 cm³/mol. The van der Waals surface area contributed by atoms with Gasteiger partial charge in [-0.2, -0.15) is 26.8 Å². The summed E-state index contributed by atoms with van der Waals surface area (Å²) < 4.78 is 65.8. The molecule has 0 amide bonds. The fourth-order valence-electron chi connectivity index (χ4n) is 3.96. The maximum absolute atomic E-state index is 11.9. The Morgan fingerprint density at radius 2 is 1.72 bits per heavy atom. The van der Waals surface area contributed by atoms with Gasteiger partial charge in [-0.05, 0) is 55.9 Å². The number of nitrogens with zero attached hydrogens (tertiary/aromatic N) is 4. The predicted octanol–water partition coefficient (Wildman–Crippen LogP) is 2.68. The van der Waals surface area contributed by atoms with E-state index in [4.69, 9.17) is 0 Å². The zero-order valence-corrected chi connectivity index (χ0v) is 19.7. The van der Waals surface area contributed by atoms with Crippen LogP contribution in [0.15, 0.2) is 28.0 Å². The van der Waals surface area contributed by atoms with Gasteiger partial charge in [-0.1, -0.05) is 13.8 Å². The summed E-state index contributed by atoms with van der Waals surface area (Å²) in [5.74, 6) is 1.34. The van der Waals surface area contributed by atoms with Gasteiger partial charge >= 0.3 is 0 Å². The van der Waals surface area contributed by atoms with E-state index in [-0.39, 0.29) is 17.8 Å². The van der Waals surface area contributed by atoms with Crippen molar-refractivity contribution in [3.8, 4) is 0 Å². The Hall–Kier alpha value is -2.15. The second-order valence-electron chi connectivity index (χ2n) is 7.87. The van der Waals surface area contributed by atoms with E-state index in [9.17, 15) is 25.9 Å². The largest absolute Gasteiger partial charge is 0.338 e. The van der Waals surface area contributed by atoms with Crippen LogP contribution in [-0.4, -0.2) is 53.5 Å². The molecule has 1 unspecified atom stereocenters. The molecule has 1 saturated heterocycles. The monoisotopic (exact) mass is 484 g/mol. The number of benzene rings is 1. The molecule has 3 rings (SSSR count). The SMILES string of the molecule is CCCc1nc(Cc2cc(S(=O)(=O)O)ccc2S(=O)(=O)O)nc(N2CCCCC2CC)n1. The third kappa shape index (κ3) is 5.80. The summed E-state index contributed by atoms with van der Waals surface area (Å²) >= 11 is 0. The third-order valence-corrected chi connectivity index (χ3v) is 7.31. The molecular formula is C20H28N4O6S2. The molecule has 0 aliphatic carbocycles. The average Bonchev–Trinajstić information content (AvgIpc) is 2.72. The van der Waals surface area contributed by atoms with Crippen LogP contribution in [-0.2, 0) is 33.1 Å². The van der Waals surface area contributed by atoms with Gasteiger partial charge in [0.2, 0.25) is 5.95 Å². The van der Waals surface area contributed by atoms with Crippen molar-refractivity contribution in [1.82, 2.24) is 15.0 Å². The Balaban J connectivity index is 2.09. The second-order valence-corrected chi connectivity index (χ2v) is 10.7. The van der Waals surface area contributed by atoms with Crippen LogP contribution in [0.2, 0.25) is 0 Å². The standard InChI is InChI=1S/C20H28N4O6S2/c1-3-7-18-21-19(23-20(22-18)24-11-6-5-8-15(24)4-2)13-14-12-16(31(25,26)27)9-10-17(14)32(28,29)30/h9-10,12,15H,3-8,11,13H2,1-2H3,(H,25,26,27)(H,28,29,30). The lowest BCUT2D eigenvalue weighted by molar-refractivity contribution is 0.441. The Labute approximate surface area is 188 Å². The molecule has 12 heteroatoms. The molecule has 2 aromatic rings. The first-order valence-corrected chi connectivity index (χ1v) is 13.5. The summed E-state index contributed by atoms with van der Waals surface area (Å²) in [6, 6.07) is 3.17. The smallest absolute Gasteiger partial charge is 0.294 e. The highest BCUT2D eigenvalue weighted by Crippen LogP contribution is 2.26. The molecule has 10 nitrogen and oxygen atoms in total. The first-order valence-electron chi connectivity index (χ1n) is 10.6. The summed E-state index contributed by atoms with van der Waals surface area (Å²) in [7, 11) is -9.21. The lowest BCUT2D eigenvalue weighted by Gasteiger charge is -2.35. The van der Waals surface area contributed by atoms with E-state index in [2.05, 4.69) is 26.8 Å². The lowest BCUT2D eigenvalue weighted by atomic mass is 10.0. The van der Waals surface area contributed by atoms with Crippen LogP contribution in [0.5, 0.6) is 0 Å². The van der Waals surface area contributed by atoms with Crippen LogP contribution < -0.4 is 4.90 Å². The zero-order chi connectivity index (χ0) is 23.5. The summed E-state index contributed by atoms with van der Waals surface area (Å²) in [5.41, 5.74) is -0.0343. The molecule has 0 saturated carbocycles. The molecule has 0 bridgehead atoms. The van der Waals surface area contributed by atoms with E-state index in [0.717, 1.165) is 56.8 Å². The molecule has 1 fully saturated rings. The van der Waals surface area contributed by atoms with Gasteiger partial charge < -0.3 is 4.90 Å². The first-order chi connectivity index (χ1) is 15.0. The Bertz CT molecular complexity index is 1180. The Morgan fingerprint density at radius 3 is 2.34 bits per heavy atom. The summed E-state index contributed by atoms with van der Waals surface area (Å²) in [5, 5.41) is 0. The molecule has 32 heavy (non-hydrogen) atoms. The number of aromatic nitrogens is 3. The van der Waals surface area contributed by atoms with Gasteiger partial charge in [0.05, 0.1) is 9.79 Å². The van der Waals surface area contributed by atoms with Crippen LogP contribution in [0, 0.1) is 0 Å². The summed E-state index contributed by atoms with van der Waals surface area (Å²) in [4.78, 5) is 14.8. The average molecular weight is 485 g/mol. The number of anilines is 1. The van der Waals surface area contributed by atoms with Crippen LogP contribution in [0.25, 0.3) is 0 Å². The minimum atomic E-state index is -4.64. The minimum absolute atomic E-state index is 0.0343. The van der Waals surface area contributed by atoms with Gasteiger partial charge in [0.15, 0.2) is 0 Å². The molecule has 0 spiro atoms. The molecule has 1 aromatic carbocycles. The minimum Gasteiger partial charge on any atom is -0.338 e. The Morgan fingerprint density at radius 1 is 1.00 bits per heavy atom. The van der Waals surface area contributed by atoms with Gasteiger partial charge in [0, 0.05) is 25.4 Å². The fraction of sp³-hybridized carbons (Fsp3) is 0.550. The molecule has 1 aromatic heterocycles. The topological polar surface area (TPSA) is 151 Å². The molecule has 0 radical (unpaired) electrons. The van der Waals surface area contributed by atoms with Crippen molar-refractivity contribution >= 4 is 26.2 Å². The highest BCUT2D eigenvalue weighted by molar-refractivity contribution is 7.86. The van der Waals surface area contributed by atoms with E-state index < -0.39 is 30.0 Å². The summed E-state index contributed by atoms with van der Waals surface area (Å²) in [6.07, 6.45) is 5.36. The van der Waals surface area contributed by atoms with Crippen LogP contribution in [0.3, 0.4) is 0 Å². The van der Waals surface area contributed by atoms with Crippen molar-refractivity contribution in [2.24, 2.45) is 0 Å². The molecular weight excluding hydrogens is 456 g/mol. The van der Waals surface area contributed by atoms with E-state index in [0.29, 0.717) is 24.2 Å². The van der Waals surface area contributed by atoms with Crippen molar-refractivity contribution in [2.45, 2.75) is 74.6 Å². The van der Waals surface area contributed by atoms with Crippen LogP contribution >= 0.6 is 0 Å². The third-order valence-electron chi connectivity index (χ3n) is 5.50. The second kappa shape index (κ2) is 9.77. The van der Waals surface area contributed by atoms with E-state index in [1.807, 2.05) is 6.92 Å². The van der Waals surface area contributed by atoms with Gasteiger partial charge in [-0.25, -0.2) is 4.98 Å². The number of piperidine rings is 1. The molecule has 1 atom stereocenters. The quantitative estimate of drug-likeness (QED) is 0.535. The van der Waals surface area contributed by atoms with Crippen LogP contribution in [0.1, 0.15) is 63.2 Å². The van der Waals surface area contributed by atoms with E-state index in [1.54, 1.807) is 0 Å². The number of rotatable bonds is 8. The normalized spacial score (nSPS) is 17.5. The maximum Gasteiger partial charge on any atom is 0.294 e. The number of hydrogen-bond donors (Lipinski definition) is 2. The molecule has 2 heterocycles. The van der Waals surface area contributed by atoms with Gasteiger partial charge in [-0.15, -0.1) is 0 Å². The van der Waals surface area contributed by atoms with E-state index >= 15 is 0 Å². The van der Waals surface area contributed by atoms with Gasteiger partial charge in [-0.3, -0.25) is 9.11 Å². The molecule has 1 aliphatic rings. The highest BCUT2D eigenvalue weighted by Gasteiger charge is 2.25. The molecule has 2 N–H and O–H groups in total. The Kier molecular flexibility index (Phi) is 7.48. The molecule has 176 valence electrons. The van der Waals surface area contributed by atoms with Crippen molar-refractivity contribution in [3.63, 3.8) is 0 Å². The highest BCUT2D eigenvalue weighted by atomic mass is 32.2. The summed E-state index contributed by atoms with van der Waals surface area (Å²) in [6.45, 7) is 4.91. The number of aryl methyl sites for hydroxylation is 1. The van der Waals surface area contributed by atoms with Crippen molar-refractivity contribution in [2.75, 3.05) is 11.4 Å². The van der Waals surface area contributed by atoms with Gasteiger partial charge in [0.25, 0.3) is 20.2 Å². The zero-order valence-electron chi connectivity index (χ0n) is 18.1. The maximum atomic E-state index is 11.9. The van der Waals surface area contributed by atoms with Crippen molar-refractivity contribution in [1.29, 1.82) is 0 Å². The lowest BCUT2D eigenvalue weighted by Crippen LogP contribution is -2.40. The van der Waals surface area contributed by atoms with Crippen molar-refractivity contribution in [3.05, 3.63) is 35.4 Å². The van der Waals surface area contributed by atoms with Gasteiger partial charge in [0.1, 0.15) is 11.6 Å². The van der Waals surface area contributed by atoms with E-state index in [1.165, 1.54) is 0 Å². The fourth-order valence-corrected chi connectivity index (χ4v) is 5.20. The number of hydrogen-bond acceptors (Lipinski definition) is 8. The molecule has 1 aliphatic heterocycles. The van der Waals surface area contributed by atoms with Crippen LogP contribution in [0.4, 0.5) is 5.95 Å². The van der Waals surface area contributed by atoms with Crippen molar-refractivity contribution < 1.29 is 25.9 Å².